The quantitative estimate of drug-likeness (QED) is 0.225. The van der Waals surface area contributed by atoms with Crippen molar-refractivity contribution in [1.29, 1.82) is 0 Å². The largest absolute Gasteiger partial charge is 0.493 e. The second kappa shape index (κ2) is 12.7. The van der Waals surface area contributed by atoms with E-state index in [1.807, 2.05) is 49.3 Å². The van der Waals surface area contributed by atoms with Gasteiger partial charge in [-0.2, -0.15) is 0 Å². The van der Waals surface area contributed by atoms with Gasteiger partial charge in [-0.05, 0) is 80.0 Å². The molecule has 0 aliphatic carbocycles. The molecule has 9 nitrogen and oxygen atoms in total. The van der Waals surface area contributed by atoms with Gasteiger partial charge in [-0.25, -0.2) is 15.0 Å². The molecular weight excluding hydrogens is 526 g/mol. The van der Waals surface area contributed by atoms with Crippen LogP contribution in [0.5, 0.6) is 17.2 Å². The number of rotatable bonds is 10. The summed E-state index contributed by atoms with van der Waals surface area (Å²) in [6.45, 7) is 14.1. The zero-order valence-electron chi connectivity index (χ0n) is 25.5. The summed E-state index contributed by atoms with van der Waals surface area (Å²) < 4.78 is 12.1. The molecule has 4 aromatic rings. The fourth-order valence-electron chi connectivity index (χ4n) is 5.18. The zero-order valence-corrected chi connectivity index (χ0v) is 25.5. The van der Waals surface area contributed by atoms with E-state index >= 15 is 0 Å². The van der Waals surface area contributed by atoms with Crippen LogP contribution < -0.4 is 24.6 Å². The summed E-state index contributed by atoms with van der Waals surface area (Å²) in [4.78, 5) is 20.6. The molecule has 0 saturated carbocycles. The van der Waals surface area contributed by atoms with E-state index < -0.39 is 0 Å². The Morgan fingerprint density at radius 1 is 1.07 bits per heavy atom. The number of hydrogen-bond donors (Lipinski definition) is 1. The van der Waals surface area contributed by atoms with Gasteiger partial charge < -0.3 is 29.5 Å². The average molecular weight is 568 g/mol. The summed E-state index contributed by atoms with van der Waals surface area (Å²) in [6, 6.07) is 14.2. The molecule has 1 fully saturated rings. The Morgan fingerprint density at radius 3 is 2.55 bits per heavy atom. The third-order valence-corrected chi connectivity index (χ3v) is 8.04. The van der Waals surface area contributed by atoms with Gasteiger partial charge in [-0.1, -0.05) is 20.4 Å². The minimum Gasteiger partial charge on any atom is -0.493 e. The molecule has 0 bridgehead atoms. The molecule has 9 heteroatoms. The van der Waals surface area contributed by atoms with Crippen molar-refractivity contribution in [2.45, 2.75) is 33.1 Å². The van der Waals surface area contributed by atoms with Gasteiger partial charge in [0, 0.05) is 50.7 Å². The van der Waals surface area contributed by atoms with E-state index in [2.05, 4.69) is 70.8 Å². The predicted octanol–water partition coefficient (Wildman–Crippen LogP) is 6.72. The van der Waals surface area contributed by atoms with Crippen LogP contribution in [0, 0.1) is 6.92 Å². The van der Waals surface area contributed by atoms with Gasteiger partial charge >= 0.3 is 0 Å². The third-order valence-electron chi connectivity index (χ3n) is 8.04. The van der Waals surface area contributed by atoms with Gasteiger partial charge in [0.15, 0.2) is 17.4 Å². The number of pyridine rings is 1. The normalized spacial score (nSPS) is 14.5. The van der Waals surface area contributed by atoms with E-state index in [4.69, 9.17) is 14.5 Å². The highest BCUT2D eigenvalue weighted by molar-refractivity contribution is 5.90. The number of piperazine rings is 1. The number of benzene rings is 2. The second-order valence-electron chi connectivity index (χ2n) is 10.9. The lowest BCUT2D eigenvalue weighted by Crippen LogP contribution is -2.45. The molecule has 1 unspecified atom stereocenters. The van der Waals surface area contributed by atoms with Crippen LogP contribution in [0.25, 0.3) is 11.0 Å². The van der Waals surface area contributed by atoms with E-state index in [0.717, 1.165) is 78.1 Å². The van der Waals surface area contributed by atoms with Crippen molar-refractivity contribution in [3.63, 3.8) is 0 Å². The van der Waals surface area contributed by atoms with Crippen LogP contribution in [-0.4, -0.2) is 67.2 Å². The first-order valence-corrected chi connectivity index (χ1v) is 14.5. The van der Waals surface area contributed by atoms with Gasteiger partial charge in [0.25, 0.3) is 0 Å². The molecule has 1 aliphatic heterocycles. The van der Waals surface area contributed by atoms with Crippen LogP contribution in [-0.2, 0) is 0 Å². The van der Waals surface area contributed by atoms with Crippen LogP contribution in [0.1, 0.15) is 37.3 Å². The fourth-order valence-corrected chi connectivity index (χ4v) is 5.18. The van der Waals surface area contributed by atoms with E-state index in [0.29, 0.717) is 17.3 Å². The summed E-state index contributed by atoms with van der Waals surface area (Å²) in [7, 11) is 5.83. The molecule has 1 atom stereocenters. The minimum absolute atomic E-state index is 0.395. The summed E-state index contributed by atoms with van der Waals surface area (Å²) >= 11 is 0. The lowest BCUT2D eigenvalue weighted by Gasteiger charge is -2.33. The van der Waals surface area contributed by atoms with E-state index in [1.54, 1.807) is 13.4 Å². The van der Waals surface area contributed by atoms with Gasteiger partial charge in [0.05, 0.1) is 12.6 Å². The standard InChI is InChI=1S/C33H41N7O2/c1-8-22(3)26-19-25(11-12-28(26)39(6)9-2)42-29-13-10-24(18-23(29)4)36-32-31-27(34-21-35-32)20-30(41-7)33(37-31)40-16-14-38(5)15-17-40/h9-13,18-22H,2,8,14-17H2,1,3-7H3,(H,34,35,36). The fraction of sp³-hybridized carbons (Fsp3) is 0.364. The molecule has 0 radical (unpaired) electrons. The summed E-state index contributed by atoms with van der Waals surface area (Å²) in [5.74, 6) is 4.19. The van der Waals surface area contributed by atoms with E-state index in [-0.39, 0.29) is 0 Å². The number of likely N-dealkylation sites (N-methyl/N-ethyl adjacent to an activating group) is 1. The van der Waals surface area contributed by atoms with Crippen molar-refractivity contribution in [3.8, 4) is 17.2 Å². The molecule has 0 spiro atoms. The Labute approximate surface area is 248 Å². The molecule has 42 heavy (non-hydrogen) atoms. The van der Waals surface area contributed by atoms with Crippen molar-refractivity contribution in [3.05, 3.63) is 72.7 Å². The van der Waals surface area contributed by atoms with Crippen molar-refractivity contribution in [2.24, 2.45) is 0 Å². The van der Waals surface area contributed by atoms with Crippen LogP contribution >= 0.6 is 0 Å². The molecule has 0 amide bonds. The third kappa shape index (κ3) is 6.11. The number of nitrogens with zero attached hydrogens (tertiary/aromatic N) is 6. The zero-order chi connectivity index (χ0) is 29.8. The van der Waals surface area contributed by atoms with Gasteiger partial charge in [0.2, 0.25) is 0 Å². The number of ether oxygens (including phenoxy) is 2. The van der Waals surface area contributed by atoms with Gasteiger partial charge in [0.1, 0.15) is 23.3 Å². The molecule has 2 aromatic carbocycles. The second-order valence-corrected chi connectivity index (χ2v) is 10.9. The first-order valence-electron chi connectivity index (χ1n) is 14.5. The lowest BCUT2D eigenvalue weighted by atomic mass is 9.96. The maximum Gasteiger partial charge on any atom is 0.172 e. The lowest BCUT2D eigenvalue weighted by molar-refractivity contribution is 0.310. The van der Waals surface area contributed by atoms with Gasteiger partial charge in [-0.3, -0.25) is 0 Å². The number of aromatic nitrogens is 3. The Bertz CT molecular complexity index is 1570. The van der Waals surface area contributed by atoms with Crippen LogP contribution in [0.2, 0.25) is 0 Å². The molecule has 2 aromatic heterocycles. The Morgan fingerprint density at radius 2 is 1.86 bits per heavy atom. The van der Waals surface area contributed by atoms with Gasteiger partial charge in [-0.15, -0.1) is 0 Å². The molecule has 1 aliphatic rings. The highest BCUT2D eigenvalue weighted by atomic mass is 16.5. The maximum absolute atomic E-state index is 6.37. The Balaban J connectivity index is 1.40. The van der Waals surface area contributed by atoms with Crippen LogP contribution in [0.3, 0.4) is 0 Å². The van der Waals surface area contributed by atoms with Crippen LogP contribution in [0.15, 0.2) is 61.6 Å². The number of nitrogens with one attached hydrogen (secondary N) is 1. The molecule has 3 heterocycles. The first-order chi connectivity index (χ1) is 20.3. The number of aryl methyl sites for hydroxylation is 1. The number of hydrogen-bond acceptors (Lipinski definition) is 9. The van der Waals surface area contributed by atoms with Crippen molar-refractivity contribution < 1.29 is 9.47 Å². The van der Waals surface area contributed by atoms with Crippen molar-refractivity contribution in [1.82, 2.24) is 19.9 Å². The highest BCUT2D eigenvalue weighted by Crippen LogP contribution is 2.36. The average Bonchev–Trinajstić information content (AvgIpc) is 3.01. The smallest absolute Gasteiger partial charge is 0.172 e. The topological polar surface area (TPSA) is 78.9 Å². The van der Waals surface area contributed by atoms with E-state index in [9.17, 15) is 0 Å². The number of methoxy groups -OCH3 is 1. The number of fused-ring (bicyclic) bond motifs is 1. The van der Waals surface area contributed by atoms with Crippen molar-refractivity contribution >= 4 is 34.0 Å². The minimum atomic E-state index is 0.395. The summed E-state index contributed by atoms with van der Waals surface area (Å²) in [6.07, 6.45) is 4.42. The number of anilines is 4. The molecule has 5 rings (SSSR count). The Hall–Kier alpha value is -4.37. The maximum atomic E-state index is 6.37. The van der Waals surface area contributed by atoms with Crippen molar-refractivity contribution in [2.75, 3.05) is 62.5 Å². The SMILES string of the molecule is C=CN(C)c1ccc(Oc2ccc(Nc3ncnc4cc(OC)c(N5CCN(C)CC5)nc34)cc2C)cc1C(C)CC. The molecular formula is C33H41N7O2. The highest BCUT2D eigenvalue weighted by Gasteiger charge is 2.21. The van der Waals surface area contributed by atoms with E-state index in [1.165, 1.54) is 5.56 Å². The van der Waals surface area contributed by atoms with Crippen LogP contribution in [0.4, 0.5) is 23.0 Å². The molecule has 220 valence electrons. The summed E-state index contributed by atoms with van der Waals surface area (Å²) in [5.41, 5.74) is 5.70. The Kier molecular flexibility index (Phi) is 8.77. The first kappa shape index (κ1) is 29.1. The molecule has 1 N–H and O–H groups in total. The summed E-state index contributed by atoms with van der Waals surface area (Å²) in [5, 5.41) is 3.46. The monoisotopic (exact) mass is 567 g/mol. The predicted molar refractivity (Wildman–Crippen MR) is 172 cm³/mol. The molecule has 1 saturated heterocycles.